The lowest BCUT2D eigenvalue weighted by molar-refractivity contribution is 0.636. The van der Waals surface area contributed by atoms with Crippen LogP contribution in [0.1, 0.15) is 44.6 Å². The van der Waals surface area contributed by atoms with Gasteiger partial charge in [0, 0.05) is 29.7 Å². The lowest BCUT2D eigenvalue weighted by Crippen LogP contribution is -2.17. The van der Waals surface area contributed by atoms with E-state index in [1.807, 2.05) is 0 Å². The highest BCUT2D eigenvalue weighted by atomic mass is 15.0. The van der Waals surface area contributed by atoms with E-state index in [0.29, 0.717) is 0 Å². The fourth-order valence-electron chi connectivity index (χ4n) is 2.91. The average molecular weight is 270 g/mol. The maximum Gasteiger partial charge on any atom is 0.0483 e. The van der Waals surface area contributed by atoms with Crippen LogP contribution in [0, 0.1) is 0 Å². The van der Waals surface area contributed by atoms with Gasteiger partial charge in [0.25, 0.3) is 0 Å². The van der Waals surface area contributed by atoms with E-state index < -0.39 is 0 Å². The molecule has 0 bridgehead atoms. The predicted molar refractivity (Wildman–Crippen MR) is 86.2 cm³/mol. The molecule has 0 radical (unpaired) electrons. The molecule has 2 nitrogen and oxygen atoms in total. The summed E-state index contributed by atoms with van der Waals surface area (Å²) in [6.45, 7) is 4.58. The van der Waals surface area contributed by atoms with Gasteiger partial charge in [0.1, 0.15) is 0 Å². The fraction of sp³-hybridized carbons (Fsp3) is 0.556. The minimum Gasteiger partial charge on any atom is -0.347 e. The van der Waals surface area contributed by atoms with Crippen molar-refractivity contribution in [1.29, 1.82) is 0 Å². The molecule has 0 amide bonds. The minimum atomic E-state index is 0.834. The largest absolute Gasteiger partial charge is 0.347 e. The molecule has 0 aliphatic heterocycles. The Morgan fingerprint density at radius 1 is 1.20 bits per heavy atom. The van der Waals surface area contributed by atoms with Crippen LogP contribution in [0.15, 0.2) is 30.5 Å². The van der Waals surface area contributed by atoms with Crippen molar-refractivity contribution in [3.63, 3.8) is 0 Å². The normalized spacial score (nSPS) is 15.1. The number of aryl methyl sites for hydroxylation is 2. The van der Waals surface area contributed by atoms with Crippen LogP contribution in [0.2, 0.25) is 0 Å². The summed E-state index contributed by atoms with van der Waals surface area (Å²) >= 11 is 0. The summed E-state index contributed by atoms with van der Waals surface area (Å²) in [4.78, 5) is 0. The third-order valence-electron chi connectivity index (χ3n) is 4.26. The van der Waals surface area contributed by atoms with Crippen molar-refractivity contribution in [3.05, 3.63) is 36.0 Å². The summed E-state index contributed by atoms with van der Waals surface area (Å²) < 4.78 is 2.45. The number of rotatable bonds is 8. The van der Waals surface area contributed by atoms with Crippen molar-refractivity contribution in [2.75, 3.05) is 6.54 Å². The predicted octanol–water partition coefficient (Wildman–Crippen LogP) is 4.13. The van der Waals surface area contributed by atoms with E-state index in [2.05, 4.69) is 47.3 Å². The van der Waals surface area contributed by atoms with Gasteiger partial charge in [0.2, 0.25) is 0 Å². The first kappa shape index (κ1) is 13.7. The van der Waals surface area contributed by atoms with Gasteiger partial charge in [-0.3, -0.25) is 0 Å². The van der Waals surface area contributed by atoms with Crippen LogP contribution in [0.4, 0.5) is 0 Å². The van der Waals surface area contributed by atoms with E-state index in [4.69, 9.17) is 0 Å². The Morgan fingerprint density at radius 3 is 2.85 bits per heavy atom. The molecule has 3 rings (SSSR count). The number of hydrogen-bond donors (Lipinski definition) is 1. The molecular weight excluding hydrogens is 244 g/mol. The van der Waals surface area contributed by atoms with Gasteiger partial charge < -0.3 is 9.88 Å². The van der Waals surface area contributed by atoms with E-state index in [1.54, 1.807) is 0 Å². The van der Waals surface area contributed by atoms with E-state index in [0.717, 1.165) is 12.6 Å². The quantitative estimate of drug-likeness (QED) is 0.714. The molecule has 1 aromatic heterocycles. The summed E-state index contributed by atoms with van der Waals surface area (Å²) in [6.07, 6.45) is 10.1. The number of unbranched alkanes of at least 4 members (excludes halogenated alkanes) is 1. The molecule has 1 aliphatic rings. The van der Waals surface area contributed by atoms with Crippen LogP contribution in [0.3, 0.4) is 0 Å². The molecule has 0 spiro atoms. The number of nitrogens with zero attached hydrogens (tertiary/aromatic N) is 1. The molecule has 2 heteroatoms. The Balaban J connectivity index is 1.68. The number of fused-ring (bicyclic) bond motifs is 1. The van der Waals surface area contributed by atoms with Crippen LogP contribution in [-0.2, 0) is 13.0 Å². The first-order valence-electron chi connectivity index (χ1n) is 8.18. The van der Waals surface area contributed by atoms with Gasteiger partial charge in [-0.1, -0.05) is 31.5 Å². The van der Waals surface area contributed by atoms with Crippen molar-refractivity contribution in [2.24, 2.45) is 0 Å². The molecule has 1 aliphatic carbocycles. The maximum absolute atomic E-state index is 3.61. The fourth-order valence-corrected chi connectivity index (χ4v) is 2.91. The Morgan fingerprint density at radius 2 is 2.05 bits per heavy atom. The van der Waals surface area contributed by atoms with E-state index >= 15 is 0 Å². The molecule has 1 N–H and O–H groups in total. The molecule has 1 heterocycles. The van der Waals surface area contributed by atoms with Gasteiger partial charge in [-0.15, -0.1) is 0 Å². The zero-order chi connectivity index (χ0) is 13.8. The molecule has 1 aromatic carbocycles. The van der Waals surface area contributed by atoms with Crippen LogP contribution in [0.5, 0.6) is 0 Å². The molecule has 0 saturated heterocycles. The van der Waals surface area contributed by atoms with E-state index in [9.17, 15) is 0 Å². The van der Waals surface area contributed by atoms with Gasteiger partial charge in [-0.2, -0.15) is 0 Å². The molecule has 1 fully saturated rings. The second-order valence-corrected chi connectivity index (χ2v) is 6.05. The Bertz CT molecular complexity index is 552. The molecule has 1 saturated carbocycles. The molecule has 0 unspecified atom stereocenters. The van der Waals surface area contributed by atoms with Gasteiger partial charge in [0.15, 0.2) is 0 Å². The van der Waals surface area contributed by atoms with Crippen molar-refractivity contribution in [1.82, 2.24) is 9.88 Å². The minimum absolute atomic E-state index is 0.834. The Labute approximate surface area is 122 Å². The number of nitrogens with one attached hydrogen (secondary N) is 1. The first-order chi connectivity index (χ1) is 9.88. The van der Waals surface area contributed by atoms with Crippen molar-refractivity contribution in [2.45, 2.75) is 58.0 Å². The topological polar surface area (TPSA) is 17.0 Å². The molecule has 20 heavy (non-hydrogen) atoms. The van der Waals surface area contributed by atoms with Gasteiger partial charge in [0.05, 0.1) is 0 Å². The Hall–Kier alpha value is -1.28. The number of benzene rings is 1. The van der Waals surface area contributed by atoms with Crippen molar-refractivity contribution in [3.8, 4) is 0 Å². The summed E-state index contributed by atoms with van der Waals surface area (Å²) in [5.74, 6) is 0. The molecule has 2 aromatic rings. The number of aromatic nitrogens is 1. The molecular formula is C18H26N2. The van der Waals surface area contributed by atoms with Crippen LogP contribution in [-0.4, -0.2) is 17.2 Å². The standard InChI is InChI=1S/C18H26N2/c1-2-3-13-20-14-15(7-6-12-19-16-10-11-16)17-8-4-5-9-18(17)20/h4-5,8-9,14,16,19H,2-3,6-7,10-13H2,1H3. The van der Waals surface area contributed by atoms with Crippen molar-refractivity contribution < 1.29 is 0 Å². The number of hydrogen-bond acceptors (Lipinski definition) is 1. The summed E-state index contributed by atoms with van der Waals surface area (Å²) in [6, 6.07) is 9.70. The number of para-hydroxylation sites is 1. The zero-order valence-electron chi connectivity index (χ0n) is 12.6. The second-order valence-electron chi connectivity index (χ2n) is 6.05. The van der Waals surface area contributed by atoms with Gasteiger partial charge in [-0.05, 0) is 50.3 Å². The second kappa shape index (κ2) is 6.45. The van der Waals surface area contributed by atoms with Crippen LogP contribution < -0.4 is 5.32 Å². The Kier molecular flexibility index (Phi) is 4.41. The highest BCUT2D eigenvalue weighted by molar-refractivity contribution is 5.83. The zero-order valence-corrected chi connectivity index (χ0v) is 12.6. The third kappa shape index (κ3) is 3.24. The van der Waals surface area contributed by atoms with E-state index in [-0.39, 0.29) is 0 Å². The van der Waals surface area contributed by atoms with E-state index in [1.165, 1.54) is 61.5 Å². The summed E-state index contributed by atoms with van der Waals surface area (Å²) in [7, 11) is 0. The average Bonchev–Trinajstić information content (AvgIpc) is 3.24. The SMILES string of the molecule is CCCCn1cc(CCCNC2CC2)c2ccccc21. The van der Waals surface area contributed by atoms with Crippen LogP contribution >= 0.6 is 0 Å². The highest BCUT2D eigenvalue weighted by Gasteiger charge is 2.19. The van der Waals surface area contributed by atoms with Gasteiger partial charge in [-0.25, -0.2) is 0 Å². The van der Waals surface area contributed by atoms with Crippen LogP contribution in [0.25, 0.3) is 10.9 Å². The van der Waals surface area contributed by atoms with Gasteiger partial charge >= 0.3 is 0 Å². The molecule has 108 valence electrons. The monoisotopic (exact) mass is 270 g/mol. The first-order valence-corrected chi connectivity index (χ1v) is 8.18. The lowest BCUT2D eigenvalue weighted by Gasteiger charge is -2.02. The third-order valence-corrected chi connectivity index (χ3v) is 4.26. The maximum atomic E-state index is 3.61. The summed E-state index contributed by atoms with van der Waals surface area (Å²) in [5, 5.41) is 5.06. The summed E-state index contributed by atoms with van der Waals surface area (Å²) in [5.41, 5.74) is 2.93. The highest BCUT2D eigenvalue weighted by Crippen LogP contribution is 2.23. The smallest absolute Gasteiger partial charge is 0.0483 e. The van der Waals surface area contributed by atoms with Crippen molar-refractivity contribution >= 4 is 10.9 Å². The molecule has 0 atom stereocenters. The lowest BCUT2D eigenvalue weighted by atomic mass is 10.1.